The van der Waals surface area contributed by atoms with Gasteiger partial charge in [0, 0.05) is 0 Å². The van der Waals surface area contributed by atoms with Crippen molar-refractivity contribution in [1.29, 1.82) is 0 Å². The van der Waals surface area contributed by atoms with Gasteiger partial charge in [-0.15, -0.1) is 6.58 Å². The summed E-state index contributed by atoms with van der Waals surface area (Å²) in [6, 6.07) is 0. The van der Waals surface area contributed by atoms with Crippen LogP contribution in [0.3, 0.4) is 0 Å². The molecule has 0 fully saturated rings. The van der Waals surface area contributed by atoms with Crippen molar-refractivity contribution in [2.24, 2.45) is 29.1 Å². The van der Waals surface area contributed by atoms with Gasteiger partial charge in [0.2, 0.25) is 0 Å². The van der Waals surface area contributed by atoms with E-state index in [1.165, 1.54) is 141 Å². The molecule has 0 amide bonds. The molecule has 0 heteroatoms. The first-order chi connectivity index (χ1) is 20.8. The Kier molecular flexibility index (Phi) is 46.3. The smallest absolute Gasteiger partial charge is 0.0291 e. The van der Waals surface area contributed by atoms with Crippen molar-refractivity contribution in [2.75, 3.05) is 0 Å². The predicted molar refractivity (Wildman–Crippen MR) is 211 cm³/mol. The lowest BCUT2D eigenvalue weighted by molar-refractivity contribution is 0.272. The second-order valence-electron chi connectivity index (χ2n) is 16.0. The van der Waals surface area contributed by atoms with E-state index >= 15 is 0 Å². The topological polar surface area (TPSA) is 0 Å². The Hall–Kier alpha value is -0.520. The summed E-state index contributed by atoms with van der Waals surface area (Å²) in [6.07, 6.45) is 37.3. The molecule has 0 N–H and O–H groups in total. The summed E-state index contributed by atoms with van der Waals surface area (Å²) in [5, 5.41) is 0. The Labute approximate surface area is 284 Å². The molecule has 0 spiro atoms. The Balaban J connectivity index is -0.000000253. The minimum absolute atomic E-state index is 0.547. The molecule has 0 aliphatic carbocycles. The maximum absolute atomic E-state index is 3.75. The molecule has 0 rings (SSSR count). The lowest BCUT2D eigenvalue weighted by atomic mass is 9.81. The van der Waals surface area contributed by atoms with E-state index in [0.717, 1.165) is 23.7 Å². The van der Waals surface area contributed by atoms with Crippen molar-refractivity contribution >= 4 is 0 Å². The first kappa shape index (κ1) is 50.3. The molecule has 0 aromatic heterocycles. The molecule has 0 aromatic carbocycles. The molecule has 268 valence electrons. The molecule has 0 saturated heterocycles. The van der Waals surface area contributed by atoms with Crippen LogP contribution >= 0.6 is 0 Å². The summed E-state index contributed by atoms with van der Waals surface area (Å²) in [5.41, 5.74) is 0.547. The normalized spacial score (nSPS) is 11.4. The fourth-order valence-corrected chi connectivity index (χ4v) is 5.10. The fraction of sp³-hybridized carbons (Fsp3) is 0.909. The highest BCUT2D eigenvalue weighted by molar-refractivity contribution is 4.79. The Morgan fingerprint density at radius 3 is 1.18 bits per heavy atom. The molecular formula is C44H92. The van der Waals surface area contributed by atoms with E-state index in [9.17, 15) is 0 Å². The van der Waals surface area contributed by atoms with E-state index in [2.05, 4.69) is 102 Å². The first-order valence-electron chi connectivity index (χ1n) is 20.0. The van der Waals surface area contributed by atoms with Crippen molar-refractivity contribution in [3.8, 4) is 0 Å². The summed E-state index contributed by atoms with van der Waals surface area (Å²) < 4.78 is 0. The number of hydrogen-bond donors (Lipinski definition) is 0. The molecule has 0 unspecified atom stereocenters. The van der Waals surface area contributed by atoms with E-state index in [1.54, 1.807) is 0 Å². The monoisotopic (exact) mass is 621 g/mol. The second-order valence-corrected chi connectivity index (χ2v) is 16.0. The van der Waals surface area contributed by atoms with E-state index in [-0.39, 0.29) is 0 Å². The molecule has 0 radical (unpaired) electrons. The average molecular weight is 621 g/mol. The summed E-state index contributed by atoms with van der Waals surface area (Å²) in [4.78, 5) is 0. The van der Waals surface area contributed by atoms with Crippen LogP contribution in [0.2, 0.25) is 0 Å². The van der Waals surface area contributed by atoms with Crippen LogP contribution in [0.5, 0.6) is 0 Å². The van der Waals surface area contributed by atoms with E-state index in [4.69, 9.17) is 0 Å². The zero-order valence-electron chi connectivity index (χ0n) is 33.8. The molecule has 0 aliphatic heterocycles. The highest BCUT2D eigenvalue weighted by atomic mass is 14.2. The molecular weight excluding hydrogens is 528 g/mol. The van der Waals surface area contributed by atoms with Gasteiger partial charge >= 0.3 is 0 Å². The van der Waals surface area contributed by atoms with Gasteiger partial charge < -0.3 is 0 Å². The molecule has 0 bridgehead atoms. The van der Waals surface area contributed by atoms with Gasteiger partial charge in [0.15, 0.2) is 0 Å². The predicted octanol–water partition coefficient (Wildman–Crippen LogP) is 17.0. The van der Waals surface area contributed by atoms with Crippen LogP contribution in [-0.2, 0) is 0 Å². The van der Waals surface area contributed by atoms with E-state index < -0.39 is 0 Å². The lowest BCUT2D eigenvalue weighted by Gasteiger charge is -2.25. The molecule has 0 atom stereocenters. The van der Waals surface area contributed by atoms with Crippen LogP contribution in [0.1, 0.15) is 231 Å². The number of rotatable bonds is 25. The maximum atomic E-state index is 3.75. The Bertz CT molecular complexity index is 518. The van der Waals surface area contributed by atoms with Gasteiger partial charge in [0.05, 0.1) is 0 Å². The van der Waals surface area contributed by atoms with Crippen molar-refractivity contribution in [3.05, 3.63) is 24.8 Å². The van der Waals surface area contributed by atoms with Gasteiger partial charge in [-0.05, 0) is 61.7 Å². The minimum Gasteiger partial charge on any atom is -0.103 e. The number of hydrogen-bond acceptors (Lipinski definition) is 0. The summed E-state index contributed by atoms with van der Waals surface area (Å²) in [7, 11) is 0. The molecule has 0 heterocycles. The Morgan fingerprint density at radius 2 is 0.886 bits per heavy atom. The van der Waals surface area contributed by atoms with E-state index in [1.807, 2.05) is 13.0 Å². The quantitative estimate of drug-likeness (QED) is 0.0703. The zero-order chi connectivity index (χ0) is 34.5. The molecule has 0 aromatic rings. The van der Waals surface area contributed by atoms with E-state index in [0.29, 0.717) is 5.41 Å². The number of unbranched alkanes of at least 4 members (excludes halogenated alkanes) is 14. The summed E-state index contributed by atoms with van der Waals surface area (Å²) in [6.45, 7) is 33.4. The van der Waals surface area contributed by atoms with Gasteiger partial charge in [-0.1, -0.05) is 217 Å². The molecule has 0 saturated carbocycles. The Morgan fingerprint density at radius 1 is 0.500 bits per heavy atom. The van der Waals surface area contributed by atoms with Crippen molar-refractivity contribution in [1.82, 2.24) is 0 Å². The third-order valence-corrected chi connectivity index (χ3v) is 8.26. The van der Waals surface area contributed by atoms with Crippen molar-refractivity contribution in [3.63, 3.8) is 0 Å². The third-order valence-electron chi connectivity index (χ3n) is 8.26. The standard InChI is InChI=1S/C14H28.C14H30.C10H22.C6H12/c1-6-7-8-9-11-14(4,5)12-10-13(2)3;1-4-5-6-7-8-9-10-11-12-13-14(2)3;1-4-5-6-7-8-9-10(2)3;1-4-5-6(2)3/h6,13H,1,7-12H2,2-5H3;14H,4-13H2,1-3H3;10H,4-9H2,1-3H3;4-6H,1-3H3. The number of allylic oxidation sites excluding steroid dienone is 3. The SMILES string of the molecule is C=CCCCCC(C)(C)CCC(C)C.CC=CC(C)C.CCCCCCCC(C)C.CCCCCCCCCCCC(C)C. The zero-order valence-corrected chi connectivity index (χ0v) is 33.8. The van der Waals surface area contributed by atoms with Crippen LogP contribution in [-0.4, -0.2) is 0 Å². The van der Waals surface area contributed by atoms with Crippen LogP contribution < -0.4 is 0 Å². The molecule has 44 heavy (non-hydrogen) atoms. The van der Waals surface area contributed by atoms with Crippen molar-refractivity contribution < 1.29 is 0 Å². The van der Waals surface area contributed by atoms with Gasteiger partial charge in [-0.2, -0.15) is 0 Å². The second kappa shape index (κ2) is 40.5. The average Bonchev–Trinajstić information content (AvgIpc) is 2.94. The summed E-state index contributed by atoms with van der Waals surface area (Å²) >= 11 is 0. The summed E-state index contributed by atoms with van der Waals surface area (Å²) in [5.74, 6) is 3.37. The highest BCUT2D eigenvalue weighted by Crippen LogP contribution is 2.30. The highest BCUT2D eigenvalue weighted by Gasteiger charge is 2.17. The van der Waals surface area contributed by atoms with Gasteiger partial charge in [0.25, 0.3) is 0 Å². The van der Waals surface area contributed by atoms with Gasteiger partial charge in [0.1, 0.15) is 0 Å². The lowest BCUT2D eigenvalue weighted by Crippen LogP contribution is -2.12. The molecule has 0 aliphatic rings. The maximum Gasteiger partial charge on any atom is -0.0291 e. The van der Waals surface area contributed by atoms with Crippen LogP contribution in [0.15, 0.2) is 24.8 Å². The largest absolute Gasteiger partial charge is 0.103 e. The van der Waals surface area contributed by atoms with Gasteiger partial charge in [-0.25, -0.2) is 0 Å². The molecule has 0 nitrogen and oxygen atoms in total. The first-order valence-corrected chi connectivity index (χ1v) is 20.0. The minimum atomic E-state index is 0.547. The van der Waals surface area contributed by atoms with Gasteiger partial charge in [-0.3, -0.25) is 0 Å². The fourth-order valence-electron chi connectivity index (χ4n) is 5.10. The van der Waals surface area contributed by atoms with Crippen molar-refractivity contribution in [2.45, 2.75) is 231 Å². The third kappa shape index (κ3) is 60.6. The van der Waals surface area contributed by atoms with Crippen LogP contribution in [0.25, 0.3) is 0 Å². The van der Waals surface area contributed by atoms with Crippen LogP contribution in [0, 0.1) is 29.1 Å². The van der Waals surface area contributed by atoms with Crippen LogP contribution in [0.4, 0.5) is 0 Å².